The fourth-order valence-corrected chi connectivity index (χ4v) is 3.93. The van der Waals surface area contributed by atoms with E-state index in [0.717, 1.165) is 23.4 Å². The monoisotopic (exact) mass is 422 g/mol. The van der Waals surface area contributed by atoms with Gasteiger partial charge >= 0.3 is 0 Å². The van der Waals surface area contributed by atoms with E-state index in [2.05, 4.69) is 5.32 Å². The average molecular weight is 422 g/mol. The quantitative estimate of drug-likeness (QED) is 0.496. The van der Waals surface area contributed by atoms with E-state index >= 15 is 0 Å². The van der Waals surface area contributed by atoms with Crippen molar-refractivity contribution in [2.75, 3.05) is 16.8 Å². The molecule has 4 aromatic rings. The van der Waals surface area contributed by atoms with Gasteiger partial charge in [0.15, 0.2) is 0 Å². The number of carbonyl (C=O) groups is 2. The summed E-state index contributed by atoms with van der Waals surface area (Å²) in [6.45, 7) is 0.707. The highest BCUT2D eigenvalue weighted by atomic mass is 16.2. The second-order valence-electron chi connectivity index (χ2n) is 7.69. The van der Waals surface area contributed by atoms with E-state index in [1.54, 1.807) is 15.8 Å². The molecule has 32 heavy (non-hydrogen) atoms. The van der Waals surface area contributed by atoms with Crippen LogP contribution in [0.3, 0.4) is 0 Å². The number of amides is 2. The van der Waals surface area contributed by atoms with Crippen molar-refractivity contribution in [1.82, 2.24) is 9.78 Å². The van der Waals surface area contributed by atoms with Gasteiger partial charge in [0.25, 0.3) is 5.91 Å². The third-order valence-electron chi connectivity index (χ3n) is 5.52. The van der Waals surface area contributed by atoms with Crippen molar-refractivity contribution in [3.63, 3.8) is 0 Å². The number of hydrogen-bond donors (Lipinski definition) is 1. The fourth-order valence-electron chi connectivity index (χ4n) is 3.93. The van der Waals surface area contributed by atoms with E-state index in [0.29, 0.717) is 29.9 Å². The maximum absolute atomic E-state index is 13.3. The van der Waals surface area contributed by atoms with Crippen molar-refractivity contribution in [2.45, 2.75) is 12.8 Å². The molecule has 0 saturated carbocycles. The highest BCUT2D eigenvalue weighted by molar-refractivity contribution is 6.08. The van der Waals surface area contributed by atoms with Crippen molar-refractivity contribution < 1.29 is 9.59 Å². The first-order valence-electron chi connectivity index (χ1n) is 10.6. The molecule has 1 aliphatic heterocycles. The van der Waals surface area contributed by atoms with Crippen LogP contribution in [0.15, 0.2) is 91.1 Å². The van der Waals surface area contributed by atoms with Gasteiger partial charge in [0.1, 0.15) is 5.69 Å². The summed E-state index contributed by atoms with van der Waals surface area (Å²) in [6, 6.07) is 26.8. The van der Waals surface area contributed by atoms with Gasteiger partial charge in [0.05, 0.1) is 11.3 Å². The minimum Gasteiger partial charge on any atom is -0.322 e. The molecule has 0 unspecified atom stereocenters. The maximum atomic E-state index is 13.3. The normalized spacial score (nSPS) is 13.4. The molecule has 6 nitrogen and oxygen atoms in total. The van der Waals surface area contributed by atoms with Crippen molar-refractivity contribution in [3.05, 3.63) is 96.7 Å². The summed E-state index contributed by atoms with van der Waals surface area (Å²) in [4.78, 5) is 27.2. The van der Waals surface area contributed by atoms with Gasteiger partial charge in [-0.1, -0.05) is 54.6 Å². The van der Waals surface area contributed by atoms with Crippen molar-refractivity contribution in [3.8, 4) is 16.9 Å². The number of rotatable bonds is 5. The molecule has 6 heteroatoms. The molecule has 1 N–H and O–H groups in total. The van der Waals surface area contributed by atoms with Crippen LogP contribution in [0.4, 0.5) is 11.4 Å². The van der Waals surface area contributed by atoms with Crippen LogP contribution in [0.5, 0.6) is 0 Å². The predicted octanol–water partition coefficient (Wildman–Crippen LogP) is 4.92. The molecule has 1 aliphatic rings. The van der Waals surface area contributed by atoms with Crippen LogP contribution in [-0.4, -0.2) is 28.1 Å². The van der Waals surface area contributed by atoms with Crippen LogP contribution < -0.4 is 10.2 Å². The van der Waals surface area contributed by atoms with E-state index in [9.17, 15) is 9.59 Å². The third kappa shape index (κ3) is 3.90. The Balaban J connectivity index is 1.48. The van der Waals surface area contributed by atoms with Gasteiger partial charge in [0.2, 0.25) is 5.91 Å². The van der Waals surface area contributed by atoms with Gasteiger partial charge in [-0.2, -0.15) is 5.10 Å². The average Bonchev–Trinajstić information content (AvgIpc) is 3.47. The Morgan fingerprint density at radius 3 is 2.31 bits per heavy atom. The lowest BCUT2D eigenvalue weighted by atomic mass is 10.1. The molecule has 0 atom stereocenters. The number of carbonyl (C=O) groups excluding carboxylic acids is 2. The Labute approximate surface area is 186 Å². The topological polar surface area (TPSA) is 67.2 Å². The van der Waals surface area contributed by atoms with Crippen molar-refractivity contribution >= 4 is 23.2 Å². The lowest BCUT2D eigenvalue weighted by Crippen LogP contribution is -2.23. The molecule has 0 aliphatic carbocycles. The number of nitrogens with one attached hydrogen (secondary N) is 1. The van der Waals surface area contributed by atoms with E-state index in [-0.39, 0.29) is 11.8 Å². The number of nitrogens with zero attached hydrogens (tertiary/aromatic N) is 3. The van der Waals surface area contributed by atoms with E-state index in [4.69, 9.17) is 5.10 Å². The van der Waals surface area contributed by atoms with Crippen LogP contribution in [0, 0.1) is 0 Å². The third-order valence-corrected chi connectivity index (χ3v) is 5.52. The summed E-state index contributed by atoms with van der Waals surface area (Å²) >= 11 is 0. The highest BCUT2D eigenvalue weighted by Crippen LogP contribution is 2.27. The molecule has 0 radical (unpaired) electrons. The first kappa shape index (κ1) is 19.8. The van der Waals surface area contributed by atoms with E-state index in [1.807, 2.05) is 84.9 Å². The van der Waals surface area contributed by atoms with E-state index in [1.165, 1.54) is 0 Å². The summed E-state index contributed by atoms with van der Waals surface area (Å²) in [6.07, 6.45) is 3.17. The first-order chi connectivity index (χ1) is 15.7. The molecule has 3 aromatic carbocycles. The minimum absolute atomic E-state index is 0.115. The Morgan fingerprint density at radius 1 is 0.875 bits per heavy atom. The van der Waals surface area contributed by atoms with Crippen LogP contribution in [-0.2, 0) is 4.79 Å². The molecule has 0 bridgehead atoms. The minimum atomic E-state index is -0.254. The molecular formula is C26H22N4O2. The maximum Gasteiger partial charge on any atom is 0.259 e. The second kappa shape index (κ2) is 8.51. The Bertz CT molecular complexity index is 1270. The van der Waals surface area contributed by atoms with Crippen LogP contribution in [0.2, 0.25) is 0 Å². The van der Waals surface area contributed by atoms with Gasteiger partial charge in [-0.05, 0) is 36.8 Å². The van der Waals surface area contributed by atoms with Crippen LogP contribution in [0.1, 0.15) is 23.2 Å². The van der Waals surface area contributed by atoms with Gasteiger partial charge in [-0.3, -0.25) is 9.59 Å². The second-order valence-corrected chi connectivity index (χ2v) is 7.69. The molecule has 1 fully saturated rings. The summed E-state index contributed by atoms with van der Waals surface area (Å²) < 4.78 is 1.72. The lowest BCUT2D eigenvalue weighted by Gasteiger charge is -2.16. The van der Waals surface area contributed by atoms with Crippen molar-refractivity contribution in [1.29, 1.82) is 0 Å². The zero-order valence-electron chi connectivity index (χ0n) is 17.4. The molecule has 2 amide bonds. The summed E-state index contributed by atoms with van der Waals surface area (Å²) in [5.74, 6) is -0.139. The van der Waals surface area contributed by atoms with Gasteiger partial charge in [-0.15, -0.1) is 0 Å². The van der Waals surface area contributed by atoms with E-state index < -0.39 is 0 Å². The molecule has 1 saturated heterocycles. The standard InChI is InChI=1S/C26H22N4O2/c31-24-15-8-16-29(24)22-14-7-11-20(17-22)27-26(32)23-18-30(21-12-5-2-6-13-21)28-25(23)19-9-3-1-4-10-19/h1-7,9-14,17-18H,8,15-16H2,(H,27,32). The number of anilines is 2. The molecular weight excluding hydrogens is 400 g/mol. The molecule has 1 aromatic heterocycles. The Hall–Kier alpha value is -4.19. The largest absolute Gasteiger partial charge is 0.322 e. The van der Waals surface area contributed by atoms with Gasteiger partial charge in [-0.25, -0.2) is 4.68 Å². The van der Waals surface area contributed by atoms with Crippen molar-refractivity contribution in [2.24, 2.45) is 0 Å². The summed E-state index contributed by atoms with van der Waals surface area (Å²) in [7, 11) is 0. The fraction of sp³-hybridized carbons (Fsp3) is 0.115. The SMILES string of the molecule is O=C(Nc1cccc(N2CCCC2=O)c1)c1cn(-c2ccccc2)nc1-c1ccccc1. The smallest absolute Gasteiger partial charge is 0.259 e. The molecule has 158 valence electrons. The molecule has 5 rings (SSSR count). The molecule has 0 spiro atoms. The zero-order valence-corrected chi connectivity index (χ0v) is 17.4. The first-order valence-corrected chi connectivity index (χ1v) is 10.6. The molecule has 2 heterocycles. The number of benzene rings is 3. The summed E-state index contributed by atoms with van der Waals surface area (Å²) in [5.41, 5.74) is 4.26. The number of aromatic nitrogens is 2. The highest BCUT2D eigenvalue weighted by Gasteiger charge is 2.23. The lowest BCUT2D eigenvalue weighted by molar-refractivity contribution is -0.117. The van der Waals surface area contributed by atoms with Crippen LogP contribution >= 0.6 is 0 Å². The number of para-hydroxylation sites is 1. The van der Waals surface area contributed by atoms with Gasteiger partial charge in [0, 0.05) is 36.1 Å². The Morgan fingerprint density at radius 2 is 1.59 bits per heavy atom. The van der Waals surface area contributed by atoms with Crippen LogP contribution in [0.25, 0.3) is 16.9 Å². The zero-order chi connectivity index (χ0) is 21.9. The van der Waals surface area contributed by atoms with Gasteiger partial charge < -0.3 is 10.2 Å². The summed E-state index contributed by atoms with van der Waals surface area (Å²) in [5, 5.41) is 7.69. The Kier molecular flexibility index (Phi) is 5.25. The number of hydrogen-bond acceptors (Lipinski definition) is 3. The predicted molar refractivity (Wildman–Crippen MR) is 125 cm³/mol.